The van der Waals surface area contributed by atoms with E-state index in [0.29, 0.717) is 0 Å². The van der Waals surface area contributed by atoms with Gasteiger partial charge in [-0.1, -0.05) is 46.4 Å². The van der Waals surface area contributed by atoms with Crippen molar-refractivity contribution in [3.8, 4) is 11.5 Å². The number of hydrogen-bond donors (Lipinski definition) is 2. The van der Waals surface area contributed by atoms with Gasteiger partial charge in [0.05, 0.1) is 20.1 Å². The number of rotatable bonds is 2. The van der Waals surface area contributed by atoms with Gasteiger partial charge in [-0.15, -0.1) is 0 Å². The lowest BCUT2D eigenvalue weighted by molar-refractivity contribution is 0.0987. The molecule has 0 aliphatic carbocycles. The molecule has 0 spiro atoms. The third-order valence-electron chi connectivity index (χ3n) is 3.80. The zero-order valence-electron chi connectivity index (χ0n) is 12.4. The summed E-state index contributed by atoms with van der Waals surface area (Å²) >= 11 is 24.0. The Kier molecular flexibility index (Phi) is 4.00. The van der Waals surface area contributed by atoms with Crippen molar-refractivity contribution in [3.63, 3.8) is 0 Å². The second-order valence-electron chi connectivity index (χ2n) is 5.42. The number of fused-ring (bicyclic) bond motifs is 2. The van der Waals surface area contributed by atoms with E-state index in [0.717, 1.165) is 0 Å². The zero-order chi connectivity index (χ0) is 18.7. The van der Waals surface area contributed by atoms with Crippen LogP contribution in [0.5, 0.6) is 11.5 Å². The van der Waals surface area contributed by atoms with Crippen molar-refractivity contribution in [2.24, 2.45) is 0 Å². The first-order valence-electron chi connectivity index (χ1n) is 7.03. The van der Waals surface area contributed by atoms with Crippen LogP contribution in [0.25, 0.3) is 21.9 Å². The summed E-state index contributed by atoms with van der Waals surface area (Å²) in [7, 11) is 0. The summed E-state index contributed by atoms with van der Waals surface area (Å²) in [6, 6.07) is 5.11. The summed E-state index contributed by atoms with van der Waals surface area (Å²) in [5, 5.41) is 20.9. The van der Waals surface area contributed by atoms with Crippen LogP contribution >= 0.6 is 46.4 Å². The molecule has 0 unspecified atom stereocenters. The van der Waals surface area contributed by atoms with Gasteiger partial charge in [-0.05, 0) is 12.1 Å². The van der Waals surface area contributed by atoms with Crippen molar-refractivity contribution in [2.75, 3.05) is 0 Å². The molecule has 0 bridgehead atoms. The molecule has 5 nitrogen and oxygen atoms in total. The molecule has 2 N–H and O–H groups in total. The van der Waals surface area contributed by atoms with Crippen LogP contribution < -0.4 is 0 Å². The highest BCUT2D eigenvalue weighted by molar-refractivity contribution is 6.46. The predicted molar refractivity (Wildman–Crippen MR) is 99.2 cm³/mol. The summed E-state index contributed by atoms with van der Waals surface area (Å²) in [4.78, 5) is 12.7. The number of phenols is 2. The van der Waals surface area contributed by atoms with Crippen molar-refractivity contribution in [2.45, 2.75) is 0 Å². The van der Waals surface area contributed by atoms with Gasteiger partial charge in [-0.2, -0.15) is 0 Å². The number of carbonyl (C=O) groups is 1. The number of halogens is 4. The van der Waals surface area contributed by atoms with Crippen LogP contribution in [-0.4, -0.2) is 16.0 Å². The number of benzene rings is 2. The van der Waals surface area contributed by atoms with E-state index < -0.39 is 5.78 Å². The van der Waals surface area contributed by atoms with Crippen molar-refractivity contribution in [1.82, 2.24) is 0 Å². The summed E-state index contributed by atoms with van der Waals surface area (Å²) in [5.41, 5.74) is 0.0329. The molecular formula is C17H6Cl4O5. The molecule has 2 aromatic carbocycles. The molecule has 0 atom stereocenters. The van der Waals surface area contributed by atoms with E-state index in [9.17, 15) is 15.0 Å². The summed E-state index contributed by atoms with van der Waals surface area (Å²) in [6.07, 6.45) is 0. The van der Waals surface area contributed by atoms with Crippen molar-refractivity contribution >= 4 is 74.1 Å². The standard InChI is InChI=1S/C17H6Cl4O5/c18-7-3-9(22)16-5(13(7)20)1-11(25-16)15(24)12-2-6-14(21)8(19)4-10(23)17(6)26-12/h1-4,22-23H. The third kappa shape index (κ3) is 2.51. The number of furan rings is 2. The molecule has 26 heavy (non-hydrogen) atoms. The Labute approximate surface area is 165 Å². The minimum atomic E-state index is -0.643. The van der Waals surface area contributed by atoms with Crippen molar-refractivity contribution < 1.29 is 23.8 Å². The molecule has 2 heterocycles. The molecule has 4 aromatic rings. The average Bonchev–Trinajstić information content (AvgIpc) is 3.23. The molecule has 0 fully saturated rings. The fourth-order valence-electron chi connectivity index (χ4n) is 2.59. The van der Waals surface area contributed by atoms with Crippen LogP contribution in [0.1, 0.15) is 16.3 Å². The number of ketones is 1. The van der Waals surface area contributed by atoms with Gasteiger partial charge in [-0.25, -0.2) is 0 Å². The lowest BCUT2D eigenvalue weighted by Crippen LogP contribution is -1.96. The molecule has 0 amide bonds. The van der Waals surface area contributed by atoms with E-state index in [1.807, 2.05) is 0 Å². The molecule has 0 saturated heterocycles. The molecule has 4 rings (SSSR count). The van der Waals surface area contributed by atoms with Crippen LogP contribution in [0.4, 0.5) is 0 Å². The fraction of sp³-hybridized carbons (Fsp3) is 0. The fourth-order valence-corrected chi connectivity index (χ4v) is 3.39. The molecular weight excluding hydrogens is 426 g/mol. The molecule has 0 aliphatic rings. The van der Waals surface area contributed by atoms with E-state index in [1.54, 1.807) is 0 Å². The summed E-state index contributed by atoms with van der Waals surface area (Å²) in [6.45, 7) is 0. The minimum absolute atomic E-state index is 0.0165. The molecule has 0 radical (unpaired) electrons. The van der Waals surface area contributed by atoms with Crippen LogP contribution in [0.15, 0.2) is 33.1 Å². The maximum atomic E-state index is 12.7. The van der Waals surface area contributed by atoms with Gasteiger partial charge in [-0.3, -0.25) is 4.79 Å². The molecule has 0 saturated carbocycles. The van der Waals surface area contributed by atoms with Crippen LogP contribution in [0, 0.1) is 0 Å². The largest absolute Gasteiger partial charge is 0.504 e. The van der Waals surface area contributed by atoms with Gasteiger partial charge in [0, 0.05) is 22.9 Å². The summed E-state index contributed by atoms with van der Waals surface area (Å²) in [5.74, 6) is -1.44. The van der Waals surface area contributed by atoms with E-state index in [2.05, 4.69) is 0 Å². The van der Waals surface area contributed by atoms with E-state index in [1.165, 1.54) is 24.3 Å². The highest BCUT2D eigenvalue weighted by Crippen LogP contribution is 2.41. The Morgan fingerprint density at radius 1 is 0.731 bits per heavy atom. The highest BCUT2D eigenvalue weighted by Gasteiger charge is 2.24. The Hall–Kier alpha value is -2.05. The van der Waals surface area contributed by atoms with Crippen molar-refractivity contribution in [1.29, 1.82) is 0 Å². The number of hydrogen-bond acceptors (Lipinski definition) is 5. The average molecular weight is 432 g/mol. The number of aromatic hydroxyl groups is 2. The number of phenolic OH excluding ortho intramolecular Hbond substituents is 2. The third-order valence-corrected chi connectivity index (χ3v) is 5.40. The minimum Gasteiger partial charge on any atom is -0.504 e. The first-order valence-corrected chi connectivity index (χ1v) is 8.55. The van der Waals surface area contributed by atoms with E-state index >= 15 is 0 Å². The molecule has 2 aromatic heterocycles. The van der Waals surface area contributed by atoms with E-state index in [4.69, 9.17) is 55.2 Å². The van der Waals surface area contributed by atoms with Gasteiger partial charge in [0.15, 0.2) is 34.2 Å². The van der Waals surface area contributed by atoms with Gasteiger partial charge in [0.25, 0.3) is 5.78 Å². The molecule has 0 aliphatic heterocycles. The van der Waals surface area contributed by atoms with Gasteiger partial charge in [0.2, 0.25) is 0 Å². The van der Waals surface area contributed by atoms with Crippen LogP contribution in [0.3, 0.4) is 0 Å². The maximum Gasteiger partial charge on any atom is 0.263 e. The van der Waals surface area contributed by atoms with Gasteiger partial charge in [0.1, 0.15) is 0 Å². The SMILES string of the molecule is O=C(c1cc2c(Cl)c(Cl)cc(O)c2o1)c1cc2c(Cl)c(Cl)cc(O)c2o1. The Bertz CT molecular complexity index is 1130. The molecule has 9 heteroatoms. The quantitative estimate of drug-likeness (QED) is 0.357. The molecule has 132 valence electrons. The zero-order valence-corrected chi connectivity index (χ0v) is 15.5. The van der Waals surface area contributed by atoms with Crippen molar-refractivity contribution in [3.05, 3.63) is 55.9 Å². The smallest absolute Gasteiger partial charge is 0.263 e. The van der Waals surface area contributed by atoms with E-state index in [-0.39, 0.29) is 65.0 Å². The number of carbonyl (C=O) groups excluding carboxylic acids is 1. The lowest BCUT2D eigenvalue weighted by Gasteiger charge is -1.98. The monoisotopic (exact) mass is 430 g/mol. The summed E-state index contributed by atoms with van der Waals surface area (Å²) < 4.78 is 10.8. The van der Waals surface area contributed by atoms with Gasteiger partial charge >= 0.3 is 0 Å². The second-order valence-corrected chi connectivity index (χ2v) is 6.99. The Balaban J connectivity index is 1.88. The normalized spacial score (nSPS) is 11.5. The van der Waals surface area contributed by atoms with Crippen LogP contribution in [0.2, 0.25) is 20.1 Å². The Morgan fingerprint density at radius 3 is 1.50 bits per heavy atom. The van der Waals surface area contributed by atoms with Gasteiger partial charge < -0.3 is 19.0 Å². The van der Waals surface area contributed by atoms with Crippen LogP contribution in [-0.2, 0) is 0 Å². The lowest BCUT2D eigenvalue weighted by atomic mass is 10.2. The maximum absolute atomic E-state index is 12.7. The highest BCUT2D eigenvalue weighted by atomic mass is 35.5. The first kappa shape index (κ1) is 17.4. The second kappa shape index (κ2) is 5.99. The first-order chi connectivity index (χ1) is 12.3. The topological polar surface area (TPSA) is 83.8 Å². The predicted octanol–water partition coefficient (Wildman–Crippen LogP) is 6.43. The Morgan fingerprint density at radius 2 is 1.12 bits per heavy atom.